The molecule has 0 bridgehead atoms. The highest BCUT2D eigenvalue weighted by Gasteiger charge is 2.17. The minimum absolute atomic E-state index is 0.148. The van der Waals surface area contributed by atoms with Gasteiger partial charge in [0, 0.05) is 11.1 Å². The van der Waals surface area contributed by atoms with Gasteiger partial charge in [0.2, 0.25) is 0 Å². The SMILES string of the molecule is Cc1ccc(C(=O)Nc2nc(-c3ccccc3)c(-c3ccc(C)c(C)c3)s2)cc1. The summed E-state index contributed by atoms with van der Waals surface area (Å²) in [7, 11) is 0. The van der Waals surface area contributed by atoms with Gasteiger partial charge in [-0.2, -0.15) is 0 Å². The summed E-state index contributed by atoms with van der Waals surface area (Å²) in [5, 5.41) is 3.57. The van der Waals surface area contributed by atoms with Gasteiger partial charge in [-0.05, 0) is 49.6 Å². The summed E-state index contributed by atoms with van der Waals surface area (Å²) in [5.74, 6) is -0.148. The monoisotopic (exact) mass is 398 g/mol. The van der Waals surface area contributed by atoms with Crippen LogP contribution in [0.3, 0.4) is 0 Å². The molecule has 1 heterocycles. The Morgan fingerprint density at radius 1 is 0.828 bits per heavy atom. The van der Waals surface area contributed by atoms with Gasteiger partial charge in [-0.25, -0.2) is 4.98 Å². The number of aromatic nitrogens is 1. The van der Waals surface area contributed by atoms with Crippen molar-refractivity contribution in [3.63, 3.8) is 0 Å². The maximum Gasteiger partial charge on any atom is 0.257 e. The quantitative estimate of drug-likeness (QED) is 0.418. The van der Waals surface area contributed by atoms with Crippen LogP contribution in [-0.2, 0) is 0 Å². The number of carbonyl (C=O) groups is 1. The molecule has 3 aromatic carbocycles. The van der Waals surface area contributed by atoms with Gasteiger partial charge in [0.1, 0.15) is 0 Å². The number of nitrogens with one attached hydrogen (secondary N) is 1. The molecular formula is C25H22N2OS. The number of aryl methyl sites for hydroxylation is 3. The van der Waals surface area contributed by atoms with Crippen molar-refractivity contribution < 1.29 is 4.79 Å². The standard InChI is InChI=1S/C25H22N2OS/c1-16-9-12-20(13-10-16)24(28)27-25-26-22(19-7-5-4-6-8-19)23(29-25)21-14-11-17(2)18(3)15-21/h4-15H,1-3H3,(H,26,27,28). The molecule has 4 rings (SSSR count). The summed E-state index contributed by atoms with van der Waals surface area (Å²) in [6.45, 7) is 6.23. The number of thiazole rings is 1. The summed E-state index contributed by atoms with van der Waals surface area (Å²) in [6, 6.07) is 24.1. The molecule has 3 nitrogen and oxygen atoms in total. The van der Waals surface area contributed by atoms with Crippen LogP contribution in [0.2, 0.25) is 0 Å². The van der Waals surface area contributed by atoms with Gasteiger partial charge in [-0.1, -0.05) is 77.6 Å². The first kappa shape index (κ1) is 19.1. The number of rotatable bonds is 4. The molecule has 4 heteroatoms. The van der Waals surface area contributed by atoms with Crippen molar-refractivity contribution in [1.29, 1.82) is 0 Å². The van der Waals surface area contributed by atoms with Crippen LogP contribution < -0.4 is 5.32 Å². The molecule has 0 radical (unpaired) electrons. The molecule has 0 saturated heterocycles. The van der Waals surface area contributed by atoms with Gasteiger partial charge >= 0.3 is 0 Å². The fraction of sp³-hybridized carbons (Fsp3) is 0.120. The predicted octanol–water partition coefficient (Wildman–Crippen LogP) is 6.65. The maximum absolute atomic E-state index is 12.7. The summed E-state index contributed by atoms with van der Waals surface area (Å²) in [5.41, 5.74) is 7.28. The third-order valence-electron chi connectivity index (χ3n) is 4.98. The van der Waals surface area contributed by atoms with E-state index in [0.717, 1.165) is 27.3 Å². The van der Waals surface area contributed by atoms with E-state index < -0.39 is 0 Å². The molecule has 0 aliphatic heterocycles. The van der Waals surface area contributed by atoms with Crippen molar-refractivity contribution >= 4 is 22.4 Å². The molecule has 0 saturated carbocycles. The second-order valence-corrected chi connectivity index (χ2v) is 8.18. The summed E-state index contributed by atoms with van der Waals surface area (Å²) in [6.07, 6.45) is 0. The third-order valence-corrected chi connectivity index (χ3v) is 6.00. The molecule has 1 aromatic heterocycles. The first-order valence-electron chi connectivity index (χ1n) is 9.53. The van der Waals surface area contributed by atoms with Crippen LogP contribution in [0.5, 0.6) is 0 Å². The van der Waals surface area contributed by atoms with E-state index in [0.29, 0.717) is 10.7 Å². The Labute approximate surface area is 175 Å². The lowest BCUT2D eigenvalue weighted by molar-refractivity contribution is 0.102. The zero-order valence-electron chi connectivity index (χ0n) is 16.7. The predicted molar refractivity (Wildman–Crippen MR) is 122 cm³/mol. The highest BCUT2D eigenvalue weighted by Crippen LogP contribution is 2.39. The normalized spacial score (nSPS) is 10.7. The molecule has 0 unspecified atom stereocenters. The highest BCUT2D eigenvalue weighted by atomic mass is 32.1. The molecule has 144 valence electrons. The summed E-state index contributed by atoms with van der Waals surface area (Å²) < 4.78 is 0. The third kappa shape index (κ3) is 4.13. The Morgan fingerprint density at radius 3 is 2.24 bits per heavy atom. The van der Waals surface area contributed by atoms with Crippen LogP contribution in [0.25, 0.3) is 21.7 Å². The average molecular weight is 399 g/mol. The first-order valence-corrected chi connectivity index (χ1v) is 10.3. The van der Waals surface area contributed by atoms with E-state index >= 15 is 0 Å². The number of anilines is 1. The van der Waals surface area contributed by atoms with Crippen LogP contribution in [0, 0.1) is 20.8 Å². The van der Waals surface area contributed by atoms with Crippen LogP contribution in [0.15, 0.2) is 72.8 Å². The second-order valence-electron chi connectivity index (χ2n) is 7.18. The summed E-state index contributed by atoms with van der Waals surface area (Å²) in [4.78, 5) is 18.5. The van der Waals surface area contributed by atoms with Crippen molar-refractivity contribution in [2.24, 2.45) is 0 Å². The van der Waals surface area contributed by atoms with Crippen LogP contribution in [0.1, 0.15) is 27.0 Å². The van der Waals surface area contributed by atoms with E-state index in [2.05, 4.69) is 37.4 Å². The molecule has 1 amide bonds. The fourth-order valence-corrected chi connectivity index (χ4v) is 4.10. The van der Waals surface area contributed by atoms with Gasteiger partial charge in [-0.3, -0.25) is 10.1 Å². The van der Waals surface area contributed by atoms with E-state index in [-0.39, 0.29) is 5.91 Å². The topological polar surface area (TPSA) is 42.0 Å². The van der Waals surface area contributed by atoms with Gasteiger partial charge in [0.25, 0.3) is 5.91 Å². The summed E-state index contributed by atoms with van der Waals surface area (Å²) >= 11 is 1.51. The molecule has 4 aromatic rings. The van der Waals surface area contributed by atoms with Crippen molar-refractivity contribution in [3.8, 4) is 21.7 Å². The Bertz CT molecular complexity index is 1160. The molecule has 0 spiro atoms. The van der Waals surface area contributed by atoms with Gasteiger partial charge in [0.05, 0.1) is 10.6 Å². The molecule has 0 atom stereocenters. The molecule has 1 N–H and O–H groups in total. The minimum Gasteiger partial charge on any atom is -0.298 e. The lowest BCUT2D eigenvalue weighted by atomic mass is 10.0. The Balaban J connectivity index is 1.74. The molecule has 0 aliphatic carbocycles. The minimum atomic E-state index is -0.148. The van der Waals surface area contributed by atoms with E-state index in [1.54, 1.807) is 0 Å². The number of nitrogens with zero attached hydrogens (tertiary/aromatic N) is 1. The number of amides is 1. The van der Waals surface area contributed by atoms with Gasteiger partial charge < -0.3 is 0 Å². The van der Waals surface area contributed by atoms with Crippen LogP contribution in [-0.4, -0.2) is 10.9 Å². The molecule has 0 fully saturated rings. The lowest BCUT2D eigenvalue weighted by Gasteiger charge is -2.05. The number of hydrogen-bond acceptors (Lipinski definition) is 3. The van der Waals surface area contributed by atoms with Gasteiger partial charge in [0.15, 0.2) is 5.13 Å². The number of benzene rings is 3. The zero-order chi connectivity index (χ0) is 20.4. The van der Waals surface area contributed by atoms with E-state index in [1.165, 1.54) is 22.5 Å². The highest BCUT2D eigenvalue weighted by molar-refractivity contribution is 7.19. The molecular weight excluding hydrogens is 376 g/mol. The lowest BCUT2D eigenvalue weighted by Crippen LogP contribution is -2.11. The van der Waals surface area contributed by atoms with E-state index in [9.17, 15) is 4.79 Å². The van der Waals surface area contributed by atoms with Crippen molar-refractivity contribution in [3.05, 3.63) is 95.1 Å². The number of hydrogen-bond donors (Lipinski definition) is 1. The molecule has 0 aliphatic rings. The smallest absolute Gasteiger partial charge is 0.257 e. The Morgan fingerprint density at radius 2 is 1.55 bits per heavy atom. The molecule has 29 heavy (non-hydrogen) atoms. The zero-order valence-corrected chi connectivity index (χ0v) is 17.5. The Kier molecular flexibility index (Phi) is 5.28. The van der Waals surface area contributed by atoms with Gasteiger partial charge in [-0.15, -0.1) is 0 Å². The van der Waals surface area contributed by atoms with Crippen molar-refractivity contribution in [1.82, 2.24) is 4.98 Å². The van der Waals surface area contributed by atoms with E-state index in [4.69, 9.17) is 4.98 Å². The number of carbonyl (C=O) groups excluding carboxylic acids is 1. The van der Waals surface area contributed by atoms with Crippen molar-refractivity contribution in [2.75, 3.05) is 5.32 Å². The average Bonchev–Trinajstić information content (AvgIpc) is 3.15. The van der Waals surface area contributed by atoms with E-state index in [1.807, 2.05) is 61.5 Å². The van der Waals surface area contributed by atoms with Crippen LogP contribution >= 0.6 is 11.3 Å². The maximum atomic E-state index is 12.7. The second kappa shape index (κ2) is 8.02. The van der Waals surface area contributed by atoms with Crippen LogP contribution in [0.4, 0.5) is 5.13 Å². The Hall–Kier alpha value is -3.24. The van der Waals surface area contributed by atoms with Crippen molar-refractivity contribution in [2.45, 2.75) is 20.8 Å². The fourth-order valence-electron chi connectivity index (χ4n) is 3.12. The largest absolute Gasteiger partial charge is 0.298 e. The first-order chi connectivity index (χ1) is 14.0.